The van der Waals surface area contributed by atoms with Gasteiger partial charge in [-0.2, -0.15) is 0 Å². The maximum atomic E-state index is 12.0. The molecular weight excluding hydrogens is 254 g/mol. The first-order chi connectivity index (χ1) is 9.51. The number of anilines is 1. The molecule has 0 radical (unpaired) electrons. The topological polar surface area (TPSA) is 59.3 Å². The molecule has 0 spiro atoms. The first-order valence-corrected chi connectivity index (χ1v) is 6.86. The largest absolute Gasteiger partial charge is 0.423 e. The van der Waals surface area contributed by atoms with Gasteiger partial charge in [0.1, 0.15) is 5.58 Å². The van der Waals surface area contributed by atoms with Gasteiger partial charge in [-0.05, 0) is 31.0 Å². The monoisotopic (exact) mass is 273 g/mol. The van der Waals surface area contributed by atoms with Crippen molar-refractivity contribution in [1.29, 1.82) is 0 Å². The molecule has 1 atom stereocenters. The Morgan fingerprint density at radius 3 is 2.80 bits per heavy atom. The van der Waals surface area contributed by atoms with Gasteiger partial charge in [-0.25, -0.2) is 4.79 Å². The summed E-state index contributed by atoms with van der Waals surface area (Å²) in [6.45, 7) is 5.82. The third-order valence-electron chi connectivity index (χ3n) is 3.39. The van der Waals surface area contributed by atoms with Crippen molar-refractivity contribution in [2.75, 3.05) is 5.32 Å². The second-order valence-corrected chi connectivity index (χ2v) is 5.14. The summed E-state index contributed by atoms with van der Waals surface area (Å²) in [4.78, 5) is 23.3. The standard InChI is InChI=1S/C16H19NO3/c1-4-5-10(2)16(19)17-12-6-7-13-11(3)8-15(18)20-14(13)9-12/h6-10H,4-5H2,1-3H3,(H,17,19)/t10-/m1/s1. The Balaban J connectivity index is 2.28. The van der Waals surface area contributed by atoms with E-state index in [9.17, 15) is 9.59 Å². The number of amides is 1. The molecule has 4 heteroatoms. The van der Waals surface area contributed by atoms with Crippen molar-refractivity contribution in [2.45, 2.75) is 33.6 Å². The number of rotatable bonds is 4. The van der Waals surface area contributed by atoms with Crippen LogP contribution in [0.2, 0.25) is 0 Å². The van der Waals surface area contributed by atoms with Crippen molar-refractivity contribution in [3.63, 3.8) is 0 Å². The van der Waals surface area contributed by atoms with Gasteiger partial charge >= 0.3 is 5.63 Å². The van der Waals surface area contributed by atoms with Crippen LogP contribution in [0.1, 0.15) is 32.3 Å². The third-order valence-corrected chi connectivity index (χ3v) is 3.39. The minimum atomic E-state index is -0.377. The summed E-state index contributed by atoms with van der Waals surface area (Å²) in [5.41, 5.74) is 1.64. The summed E-state index contributed by atoms with van der Waals surface area (Å²) in [5.74, 6) is -0.0404. The third kappa shape index (κ3) is 3.07. The summed E-state index contributed by atoms with van der Waals surface area (Å²) >= 11 is 0. The van der Waals surface area contributed by atoms with Crippen LogP contribution in [-0.4, -0.2) is 5.91 Å². The number of hydrogen-bond acceptors (Lipinski definition) is 3. The van der Waals surface area contributed by atoms with Crippen molar-refractivity contribution in [2.24, 2.45) is 5.92 Å². The van der Waals surface area contributed by atoms with Crippen LogP contribution in [0.4, 0.5) is 5.69 Å². The lowest BCUT2D eigenvalue weighted by atomic mass is 10.1. The maximum Gasteiger partial charge on any atom is 0.336 e. The van der Waals surface area contributed by atoms with Gasteiger partial charge in [-0.3, -0.25) is 4.79 Å². The van der Waals surface area contributed by atoms with Gasteiger partial charge in [-0.1, -0.05) is 20.3 Å². The van der Waals surface area contributed by atoms with Gasteiger partial charge in [0.15, 0.2) is 0 Å². The van der Waals surface area contributed by atoms with Gasteiger partial charge in [0.2, 0.25) is 5.91 Å². The summed E-state index contributed by atoms with van der Waals surface area (Å²) in [7, 11) is 0. The van der Waals surface area contributed by atoms with Crippen LogP contribution in [0.25, 0.3) is 11.0 Å². The van der Waals surface area contributed by atoms with Crippen molar-refractivity contribution >= 4 is 22.6 Å². The molecule has 2 aromatic rings. The fourth-order valence-corrected chi connectivity index (χ4v) is 2.23. The zero-order valence-corrected chi connectivity index (χ0v) is 12.0. The number of benzene rings is 1. The van der Waals surface area contributed by atoms with Gasteiger partial charge in [-0.15, -0.1) is 0 Å². The predicted octanol–water partition coefficient (Wildman–Crippen LogP) is 3.48. The highest BCUT2D eigenvalue weighted by Gasteiger charge is 2.12. The highest BCUT2D eigenvalue weighted by Crippen LogP contribution is 2.21. The highest BCUT2D eigenvalue weighted by atomic mass is 16.4. The molecular formula is C16H19NO3. The molecule has 0 fully saturated rings. The lowest BCUT2D eigenvalue weighted by Gasteiger charge is -2.11. The molecule has 0 aliphatic rings. The van der Waals surface area contributed by atoms with Crippen LogP contribution in [0, 0.1) is 12.8 Å². The normalized spacial score (nSPS) is 12.3. The van der Waals surface area contributed by atoms with E-state index in [4.69, 9.17) is 4.42 Å². The fraction of sp³-hybridized carbons (Fsp3) is 0.375. The summed E-state index contributed by atoms with van der Waals surface area (Å²) in [5, 5.41) is 3.74. The summed E-state index contributed by atoms with van der Waals surface area (Å²) in [6, 6.07) is 6.84. The van der Waals surface area contributed by atoms with E-state index in [0.717, 1.165) is 23.8 Å². The van der Waals surface area contributed by atoms with E-state index in [2.05, 4.69) is 12.2 Å². The van der Waals surface area contributed by atoms with Crippen LogP contribution in [0.5, 0.6) is 0 Å². The van der Waals surface area contributed by atoms with E-state index in [-0.39, 0.29) is 17.5 Å². The second-order valence-electron chi connectivity index (χ2n) is 5.14. The summed E-state index contributed by atoms with van der Waals surface area (Å²) < 4.78 is 5.17. The molecule has 1 aromatic carbocycles. The van der Waals surface area contributed by atoms with Gasteiger partial charge in [0, 0.05) is 29.1 Å². The molecule has 0 saturated carbocycles. The Kier molecular flexibility index (Phi) is 4.23. The minimum Gasteiger partial charge on any atom is -0.423 e. The molecule has 106 valence electrons. The number of hydrogen-bond donors (Lipinski definition) is 1. The zero-order valence-electron chi connectivity index (χ0n) is 12.0. The van der Waals surface area contributed by atoms with E-state index in [0.29, 0.717) is 11.3 Å². The van der Waals surface area contributed by atoms with Gasteiger partial charge in [0.25, 0.3) is 0 Å². The fourth-order valence-electron chi connectivity index (χ4n) is 2.23. The first-order valence-electron chi connectivity index (χ1n) is 6.86. The van der Waals surface area contributed by atoms with Crippen LogP contribution in [0.15, 0.2) is 33.5 Å². The Labute approximate surface area is 117 Å². The molecule has 4 nitrogen and oxygen atoms in total. The van der Waals surface area contributed by atoms with E-state index in [1.807, 2.05) is 26.0 Å². The molecule has 0 aliphatic heterocycles. The van der Waals surface area contributed by atoms with Crippen LogP contribution in [0.3, 0.4) is 0 Å². The highest BCUT2D eigenvalue weighted by molar-refractivity contribution is 5.94. The molecule has 0 unspecified atom stereocenters. The zero-order chi connectivity index (χ0) is 14.7. The number of aryl methyl sites for hydroxylation is 1. The summed E-state index contributed by atoms with van der Waals surface area (Å²) in [6.07, 6.45) is 1.83. The molecule has 0 saturated heterocycles. The Bertz CT molecular complexity index is 688. The molecule has 0 aliphatic carbocycles. The quantitative estimate of drug-likeness (QED) is 0.868. The molecule has 0 bridgehead atoms. The Morgan fingerprint density at radius 2 is 2.10 bits per heavy atom. The molecule has 1 heterocycles. The first kappa shape index (κ1) is 14.3. The molecule has 1 aromatic heterocycles. The van der Waals surface area contributed by atoms with Crippen LogP contribution in [-0.2, 0) is 4.79 Å². The average Bonchev–Trinajstić information content (AvgIpc) is 2.38. The van der Waals surface area contributed by atoms with E-state index in [1.54, 1.807) is 6.07 Å². The van der Waals surface area contributed by atoms with E-state index >= 15 is 0 Å². The van der Waals surface area contributed by atoms with Gasteiger partial charge < -0.3 is 9.73 Å². The van der Waals surface area contributed by atoms with Gasteiger partial charge in [0.05, 0.1) is 0 Å². The van der Waals surface area contributed by atoms with E-state index in [1.165, 1.54) is 6.07 Å². The van der Waals surface area contributed by atoms with Crippen LogP contribution < -0.4 is 10.9 Å². The number of carbonyl (C=O) groups is 1. The van der Waals surface area contributed by atoms with Crippen LogP contribution >= 0.6 is 0 Å². The number of fused-ring (bicyclic) bond motifs is 1. The SMILES string of the molecule is CCC[C@@H](C)C(=O)Nc1ccc2c(C)cc(=O)oc2c1. The minimum absolute atomic E-state index is 0.0128. The molecule has 20 heavy (non-hydrogen) atoms. The Hall–Kier alpha value is -2.10. The van der Waals surface area contributed by atoms with Crippen molar-refractivity contribution in [3.8, 4) is 0 Å². The maximum absolute atomic E-state index is 12.0. The smallest absolute Gasteiger partial charge is 0.336 e. The molecule has 1 amide bonds. The van der Waals surface area contributed by atoms with Crippen molar-refractivity contribution in [1.82, 2.24) is 0 Å². The second kappa shape index (κ2) is 5.90. The predicted molar refractivity (Wildman–Crippen MR) is 79.9 cm³/mol. The molecule has 2 rings (SSSR count). The number of carbonyl (C=O) groups excluding carboxylic acids is 1. The van der Waals surface area contributed by atoms with Crippen molar-refractivity contribution in [3.05, 3.63) is 40.2 Å². The molecule has 1 N–H and O–H groups in total. The lowest BCUT2D eigenvalue weighted by Crippen LogP contribution is -2.20. The Morgan fingerprint density at radius 1 is 1.35 bits per heavy atom. The number of nitrogens with one attached hydrogen (secondary N) is 1. The lowest BCUT2D eigenvalue weighted by molar-refractivity contribution is -0.119. The average molecular weight is 273 g/mol. The van der Waals surface area contributed by atoms with E-state index < -0.39 is 0 Å². The van der Waals surface area contributed by atoms with Crippen molar-refractivity contribution < 1.29 is 9.21 Å².